The van der Waals surface area contributed by atoms with Crippen LogP contribution < -0.4 is 15.4 Å². The summed E-state index contributed by atoms with van der Waals surface area (Å²) < 4.78 is 10.4. The molecule has 0 saturated carbocycles. The zero-order chi connectivity index (χ0) is 20.6. The lowest BCUT2D eigenvalue weighted by molar-refractivity contribution is -0.123. The second-order valence-electron chi connectivity index (χ2n) is 6.80. The van der Waals surface area contributed by atoms with Crippen molar-refractivity contribution in [3.8, 4) is 5.75 Å². The molecule has 0 aliphatic heterocycles. The molecule has 2 N–H and O–H groups in total. The van der Waals surface area contributed by atoms with Crippen LogP contribution in [0.1, 0.15) is 53.0 Å². The molecule has 1 atom stereocenters. The maximum Gasteiger partial charge on any atom is 0.257 e. The van der Waals surface area contributed by atoms with Crippen molar-refractivity contribution in [3.05, 3.63) is 40.4 Å². The van der Waals surface area contributed by atoms with E-state index in [0.717, 1.165) is 36.3 Å². The van der Waals surface area contributed by atoms with Crippen LogP contribution >= 0.6 is 11.3 Å². The van der Waals surface area contributed by atoms with Gasteiger partial charge in [-0.15, -0.1) is 11.3 Å². The number of thiazole rings is 1. The fourth-order valence-electron chi connectivity index (χ4n) is 3.29. The normalized spacial score (nSPS) is 15.4. The Labute approximate surface area is 174 Å². The van der Waals surface area contributed by atoms with E-state index < -0.39 is 0 Å². The van der Waals surface area contributed by atoms with E-state index >= 15 is 0 Å². The molecule has 29 heavy (non-hydrogen) atoms. The number of hydrogen-bond acceptors (Lipinski definition) is 6. The van der Waals surface area contributed by atoms with Crippen molar-refractivity contribution in [2.75, 3.05) is 32.2 Å². The number of nitrogens with one attached hydrogen (secondary N) is 2. The minimum absolute atomic E-state index is 0.000722. The van der Waals surface area contributed by atoms with Gasteiger partial charge in [-0.3, -0.25) is 14.9 Å². The Balaban J connectivity index is 1.62. The summed E-state index contributed by atoms with van der Waals surface area (Å²) in [5.74, 6) is 0.214. The van der Waals surface area contributed by atoms with E-state index in [0.29, 0.717) is 36.2 Å². The maximum absolute atomic E-state index is 12.6. The van der Waals surface area contributed by atoms with E-state index in [-0.39, 0.29) is 17.7 Å². The van der Waals surface area contributed by atoms with Gasteiger partial charge in [0.25, 0.3) is 5.91 Å². The number of aryl methyl sites for hydroxylation is 1. The van der Waals surface area contributed by atoms with Crippen molar-refractivity contribution in [1.29, 1.82) is 0 Å². The molecule has 0 saturated heterocycles. The number of anilines is 1. The number of amides is 2. The largest absolute Gasteiger partial charge is 0.497 e. The molecule has 0 spiro atoms. The Hall–Kier alpha value is -2.45. The fraction of sp³-hybridized carbons (Fsp3) is 0.476. The van der Waals surface area contributed by atoms with Crippen molar-refractivity contribution in [2.45, 2.75) is 38.5 Å². The molecule has 156 valence electrons. The molecule has 1 aliphatic carbocycles. The smallest absolute Gasteiger partial charge is 0.257 e. The van der Waals surface area contributed by atoms with Gasteiger partial charge in [-0.2, -0.15) is 0 Å². The Bertz CT molecular complexity index is 835. The highest BCUT2D eigenvalue weighted by Gasteiger charge is 2.30. The molecule has 8 heteroatoms. The van der Waals surface area contributed by atoms with Gasteiger partial charge in [-0.1, -0.05) is 0 Å². The third kappa shape index (κ3) is 5.55. The molecule has 2 amide bonds. The van der Waals surface area contributed by atoms with Crippen LogP contribution in [-0.4, -0.2) is 43.7 Å². The number of carbonyl (C=O) groups is 2. The van der Waals surface area contributed by atoms with E-state index in [1.807, 2.05) is 6.92 Å². The summed E-state index contributed by atoms with van der Waals surface area (Å²) in [4.78, 5) is 30.8. The van der Waals surface area contributed by atoms with Gasteiger partial charge in [0, 0.05) is 30.2 Å². The molecule has 7 nitrogen and oxygen atoms in total. The van der Waals surface area contributed by atoms with Crippen LogP contribution in [0.4, 0.5) is 5.13 Å². The number of carbonyl (C=O) groups excluding carboxylic acids is 2. The predicted molar refractivity (Wildman–Crippen MR) is 113 cm³/mol. The minimum Gasteiger partial charge on any atom is -0.497 e. The number of nitrogens with zero attached hydrogens (tertiary/aromatic N) is 1. The van der Waals surface area contributed by atoms with Crippen molar-refractivity contribution in [1.82, 2.24) is 10.3 Å². The quantitative estimate of drug-likeness (QED) is 0.611. The number of methoxy groups -OCH3 is 1. The molecule has 1 heterocycles. The number of benzene rings is 1. The first-order valence-corrected chi connectivity index (χ1v) is 10.7. The summed E-state index contributed by atoms with van der Waals surface area (Å²) in [6.45, 7) is 3.87. The van der Waals surface area contributed by atoms with Gasteiger partial charge in [0.15, 0.2) is 5.13 Å². The first-order valence-electron chi connectivity index (χ1n) is 9.92. The van der Waals surface area contributed by atoms with E-state index in [4.69, 9.17) is 9.47 Å². The lowest BCUT2D eigenvalue weighted by atomic mass is 9.90. The zero-order valence-corrected chi connectivity index (χ0v) is 17.6. The van der Waals surface area contributed by atoms with Gasteiger partial charge < -0.3 is 14.8 Å². The van der Waals surface area contributed by atoms with Crippen LogP contribution in [0.3, 0.4) is 0 Å². The number of ether oxygens (including phenoxy) is 2. The molecule has 1 aromatic heterocycles. The van der Waals surface area contributed by atoms with Crippen LogP contribution in [0.2, 0.25) is 0 Å². The highest BCUT2D eigenvalue weighted by molar-refractivity contribution is 7.15. The molecule has 3 rings (SSSR count). The molecule has 2 aromatic rings. The summed E-state index contributed by atoms with van der Waals surface area (Å²) in [5.41, 5.74) is 1.33. The lowest BCUT2D eigenvalue weighted by Gasteiger charge is -2.20. The van der Waals surface area contributed by atoms with Gasteiger partial charge in [-0.25, -0.2) is 4.98 Å². The van der Waals surface area contributed by atoms with Crippen LogP contribution in [-0.2, 0) is 16.0 Å². The highest BCUT2D eigenvalue weighted by Crippen LogP contribution is 2.37. The summed E-state index contributed by atoms with van der Waals surface area (Å²) >= 11 is 1.45. The molecular weight excluding hydrogens is 390 g/mol. The Morgan fingerprint density at radius 1 is 1.28 bits per heavy atom. The average Bonchev–Trinajstić information content (AvgIpc) is 3.15. The third-order valence-electron chi connectivity index (χ3n) is 4.81. The van der Waals surface area contributed by atoms with Gasteiger partial charge >= 0.3 is 0 Å². The second-order valence-corrected chi connectivity index (χ2v) is 7.88. The number of aromatic nitrogens is 1. The van der Waals surface area contributed by atoms with Crippen LogP contribution in [0, 0.1) is 0 Å². The Morgan fingerprint density at radius 3 is 2.79 bits per heavy atom. The minimum atomic E-state index is -0.256. The summed E-state index contributed by atoms with van der Waals surface area (Å²) in [5, 5.41) is 6.38. The van der Waals surface area contributed by atoms with E-state index in [9.17, 15) is 9.59 Å². The zero-order valence-electron chi connectivity index (χ0n) is 16.8. The molecule has 1 aromatic carbocycles. The number of rotatable bonds is 9. The van der Waals surface area contributed by atoms with Crippen LogP contribution in [0.5, 0.6) is 5.75 Å². The Morgan fingerprint density at radius 2 is 2.07 bits per heavy atom. The van der Waals surface area contributed by atoms with Gasteiger partial charge in [0.05, 0.1) is 18.7 Å². The topological polar surface area (TPSA) is 89.6 Å². The first-order chi connectivity index (χ1) is 14.1. The highest BCUT2D eigenvalue weighted by atomic mass is 32.1. The summed E-state index contributed by atoms with van der Waals surface area (Å²) in [7, 11) is 1.58. The number of fused-ring (bicyclic) bond motifs is 1. The SMILES string of the molecule is CCOCCCNC(=O)C1CCCc2sc(NC(=O)c3ccc(OC)cc3)nc21. The maximum atomic E-state index is 12.6. The lowest BCUT2D eigenvalue weighted by Crippen LogP contribution is -2.32. The molecule has 0 bridgehead atoms. The standard InChI is InChI=1S/C21H27N3O4S/c1-3-28-13-5-12-22-20(26)16-6-4-7-17-18(16)23-21(29-17)24-19(25)14-8-10-15(27-2)11-9-14/h8-11,16H,3-7,12-13H2,1-2H3,(H,22,26)(H,23,24,25). The fourth-order valence-corrected chi connectivity index (χ4v) is 4.35. The molecule has 0 radical (unpaired) electrons. The van der Waals surface area contributed by atoms with Gasteiger partial charge in [-0.05, 0) is 56.9 Å². The summed E-state index contributed by atoms with van der Waals surface area (Å²) in [6.07, 6.45) is 3.40. The van der Waals surface area contributed by atoms with Gasteiger partial charge in [0.2, 0.25) is 5.91 Å². The van der Waals surface area contributed by atoms with Crippen molar-refractivity contribution in [3.63, 3.8) is 0 Å². The van der Waals surface area contributed by atoms with Crippen molar-refractivity contribution >= 4 is 28.3 Å². The first kappa shape index (κ1) is 21.3. The Kier molecular flexibility index (Phi) is 7.60. The number of hydrogen-bond donors (Lipinski definition) is 2. The van der Waals surface area contributed by atoms with Gasteiger partial charge in [0.1, 0.15) is 5.75 Å². The van der Waals surface area contributed by atoms with E-state index in [2.05, 4.69) is 15.6 Å². The average molecular weight is 418 g/mol. The van der Waals surface area contributed by atoms with Crippen LogP contribution in [0.25, 0.3) is 0 Å². The van der Waals surface area contributed by atoms with Crippen molar-refractivity contribution < 1.29 is 19.1 Å². The third-order valence-corrected chi connectivity index (χ3v) is 5.86. The van der Waals surface area contributed by atoms with Crippen LogP contribution in [0.15, 0.2) is 24.3 Å². The monoisotopic (exact) mass is 417 g/mol. The molecule has 1 aliphatic rings. The van der Waals surface area contributed by atoms with E-state index in [1.165, 1.54) is 11.3 Å². The predicted octanol–water partition coefficient (Wildman–Crippen LogP) is 3.37. The van der Waals surface area contributed by atoms with E-state index in [1.54, 1.807) is 31.4 Å². The molecular formula is C21H27N3O4S. The second kappa shape index (κ2) is 10.4. The summed E-state index contributed by atoms with van der Waals surface area (Å²) in [6, 6.07) is 6.90. The molecule has 0 fully saturated rings. The van der Waals surface area contributed by atoms with Crippen molar-refractivity contribution in [2.24, 2.45) is 0 Å². The molecule has 1 unspecified atom stereocenters.